The highest BCUT2D eigenvalue weighted by Crippen LogP contribution is 2.32. The molecule has 8 nitrogen and oxygen atoms in total. The largest absolute Gasteiger partial charge is 0.490 e. The average Bonchev–Trinajstić information content (AvgIpc) is 2.82. The first kappa shape index (κ1) is 22.7. The number of benzene rings is 2. The fourth-order valence-corrected chi connectivity index (χ4v) is 4.18. The summed E-state index contributed by atoms with van der Waals surface area (Å²) in [6.07, 6.45) is 0.774. The van der Waals surface area contributed by atoms with Crippen molar-refractivity contribution in [3.8, 4) is 5.75 Å². The molecule has 2 amide bonds. The van der Waals surface area contributed by atoms with Gasteiger partial charge in [0.25, 0.3) is 11.8 Å². The fourth-order valence-electron chi connectivity index (χ4n) is 4.18. The van der Waals surface area contributed by atoms with Crippen LogP contribution in [0.4, 0.5) is 10.1 Å². The first-order valence-electron chi connectivity index (χ1n) is 10.7. The lowest BCUT2D eigenvalue weighted by Crippen LogP contribution is -2.53. The third-order valence-electron chi connectivity index (χ3n) is 6.00. The number of halogens is 1. The maximum Gasteiger partial charge on any atom is 0.308 e. The molecule has 2 aliphatic rings. The Bertz CT molecular complexity index is 1060. The Morgan fingerprint density at radius 2 is 1.94 bits per heavy atom. The predicted octanol–water partition coefficient (Wildman–Crippen LogP) is 3.02. The highest BCUT2D eigenvalue weighted by molar-refractivity contribution is 6.05. The zero-order valence-electron chi connectivity index (χ0n) is 18.4. The number of fused-ring (bicyclic) bond motifs is 2. The molecule has 174 valence electrons. The summed E-state index contributed by atoms with van der Waals surface area (Å²) in [4.78, 5) is 39.0. The van der Waals surface area contributed by atoms with Gasteiger partial charge in [-0.3, -0.25) is 14.4 Å². The number of carbonyl (C=O) groups is 3. The number of ether oxygens (including phenoxy) is 3. The number of nitrogens with one attached hydrogen (secondary N) is 1. The molecule has 1 N–H and O–H groups in total. The van der Waals surface area contributed by atoms with E-state index in [2.05, 4.69) is 5.32 Å². The summed E-state index contributed by atoms with van der Waals surface area (Å²) in [5.74, 6) is -1.06. The normalized spacial score (nSPS) is 22.2. The maximum atomic E-state index is 13.3. The highest BCUT2D eigenvalue weighted by Gasteiger charge is 2.39. The van der Waals surface area contributed by atoms with Crippen molar-refractivity contribution in [3.63, 3.8) is 0 Å². The Labute approximate surface area is 190 Å². The molecule has 0 radical (unpaired) electrons. The van der Waals surface area contributed by atoms with E-state index in [0.717, 1.165) is 0 Å². The van der Waals surface area contributed by atoms with E-state index in [-0.39, 0.29) is 43.2 Å². The molecule has 33 heavy (non-hydrogen) atoms. The first-order chi connectivity index (χ1) is 15.9. The van der Waals surface area contributed by atoms with Crippen LogP contribution in [-0.4, -0.2) is 61.7 Å². The summed E-state index contributed by atoms with van der Waals surface area (Å²) < 4.78 is 29.8. The van der Waals surface area contributed by atoms with Crippen LogP contribution in [0, 0.1) is 5.82 Å². The molecule has 9 heteroatoms. The van der Waals surface area contributed by atoms with E-state index in [1.54, 1.807) is 30.1 Å². The van der Waals surface area contributed by atoms with Gasteiger partial charge in [-0.15, -0.1) is 0 Å². The number of nitrogens with zero attached hydrogens (tertiary/aromatic N) is 1. The van der Waals surface area contributed by atoms with Crippen molar-refractivity contribution < 1.29 is 33.0 Å². The molecule has 0 bridgehead atoms. The molecule has 2 aromatic carbocycles. The molecule has 3 atom stereocenters. The Hall–Kier alpha value is -3.46. The number of amides is 2. The molecule has 0 saturated carbocycles. The Balaban J connectivity index is 1.51. The molecule has 1 saturated heterocycles. The lowest BCUT2D eigenvalue weighted by molar-refractivity contribution is -0.151. The van der Waals surface area contributed by atoms with E-state index in [0.29, 0.717) is 35.4 Å². The highest BCUT2D eigenvalue weighted by atomic mass is 19.1. The lowest BCUT2D eigenvalue weighted by atomic mass is 9.94. The number of likely N-dealkylation sites (N-methyl/N-ethyl adjacent to an activating group) is 1. The van der Waals surface area contributed by atoms with Crippen molar-refractivity contribution in [1.29, 1.82) is 0 Å². The van der Waals surface area contributed by atoms with Crippen LogP contribution in [0.3, 0.4) is 0 Å². The number of carbonyl (C=O) groups excluding carboxylic acids is 3. The summed E-state index contributed by atoms with van der Waals surface area (Å²) in [6.45, 7) is 0.217. The fraction of sp³-hybridized carbons (Fsp3) is 0.375. The topological polar surface area (TPSA) is 94.2 Å². The quantitative estimate of drug-likeness (QED) is 0.711. The van der Waals surface area contributed by atoms with Gasteiger partial charge in [0.1, 0.15) is 24.3 Å². The van der Waals surface area contributed by atoms with Crippen LogP contribution in [0.2, 0.25) is 0 Å². The van der Waals surface area contributed by atoms with Crippen LogP contribution >= 0.6 is 0 Å². The predicted molar refractivity (Wildman–Crippen MR) is 117 cm³/mol. The zero-order valence-corrected chi connectivity index (χ0v) is 18.4. The van der Waals surface area contributed by atoms with Gasteiger partial charge in [-0.2, -0.15) is 0 Å². The van der Waals surface area contributed by atoms with Crippen LogP contribution in [0.1, 0.15) is 40.0 Å². The van der Waals surface area contributed by atoms with Crippen molar-refractivity contribution in [3.05, 3.63) is 59.4 Å². The molecule has 0 unspecified atom stereocenters. The smallest absolute Gasteiger partial charge is 0.308 e. The van der Waals surface area contributed by atoms with Crippen LogP contribution < -0.4 is 10.1 Å². The van der Waals surface area contributed by atoms with Gasteiger partial charge in [-0.25, -0.2) is 4.39 Å². The Morgan fingerprint density at radius 3 is 2.67 bits per heavy atom. The van der Waals surface area contributed by atoms with Crippen molar-refractivity contribution in [2.24, 2.45) is 0 Å². The molecule has 2 heterocycles. The summed E-state index contributed by atoms with van der Waals surface area (Å²) in [5.41, 5.74) is 1.04. The van der Waals surface area contributed by atoms with Crippen molar-refractivity contribution >= 4 is 23.5 Å². The Morgan fingerprint density at radius 1 is 1.18 bits per heavy atom. The number of rotatable bonds is 4. The number of hydrogen-bond acceptors (Lipinski definition) is 6. The molecule has 0 spiro atoms. The van der Waals surface area contributed by atoms with E-state index >= 15 is 0 Å². The molecular weight excluding hydrogens is 431 g/mol. The Kier molecular flexibility index (Phi) is 6.60. The van der Waals surface area contributed by atoms with Crippen LogP contribution in [-0.2, 0) is 14.3 Å². The molecule has 4 rings (SSSR count). The molecule has 2 aromatic rings. The third-order valence-corrected chi connectivity index (χ3v) is 6.00. The zero-order chi connectivity index (χ0) is 23.5. The van der Waals surface area contributed by atoms with E-state index in [1.807, 2.05) is 0 Å². The van der Waals surface area contributed by atoms with Gasteiger partial charge in [0.05, 0.1) is 31.2 Å². The number of esters is 1. The molecular formula is C24H25FN2O6. The van der Waals surface area contributed by atoms with Gasteiger partial charge in [0, 0.05) is 18.3 Å². The van der Waals surface area contributed by atoms with Crippen LogP contribution in [0.5, 0.6) is 5.75 Å². The summed E-state index contributed by atoms with van der Waals surface area (Å²) in [5, 5.41) is 2.73. The number of methoxy groups -OCH3 is 1. The maximum absolute atomic E-state index is 13.3. The SMILES string of the molecule is COC(=O)C[C@@H]1CC[C@@H]2[C@H](COc3ccc(NC(=O)c4ccc(F)cc4)cc3C(=O)N2C)O1. The second kappa shape index (κ2) is 9.58. The molecule has 1 fully saturated rings. The first-order valence-corrected chi connectivity index (χ1v) is 10.7. The standard InChI is InChI=1S/C24H25FN2O6/c1-27-19-9-8-17(12-22(28)31-2)33-21(19)13-32-20-10-7-16(11-18(20)24(27)30)26-23(29)14-3-5-15(25)6-4-14/h3-7,10-11,17,19,21H,8-9,12-13H2,1-2H3,(H,26,29)/t17-,19+,21-/m0/s1. The van der Waals surface area contributed by atoms with Crippen molar-refractivity contribution in [2.75, 3.05) is 26.1 Å². The lowest BCUT2D eigenvalue weighted by Gasteiger charge is -2.42. The number of hydrogen-bond donors (Lipinski definition) is 1. The van der Waals surface area contributed by atoms with Crippen LogP contribution in [0.15, 0.2) is 42.5 Å². The summed E-state index contributed by atoms with van der Waals surface area (Å²) in [6, 6.07) is 9.80. The molecule has 2 aliphatic heterocycles. The monoisotopic (exact) mass is 456 g/mol. The second-order valence-electron chi connectivity index (χ2n) is 8.12. The molecule has 0 aliphatic carbocycles. The van der Waals surface area contributed by atoms with Crippen molar-refractivity contribution in [2.45, 2.75) is 37.5 Å². The minimum atomic E-state index is -0.431. The molecule has 0 aromatic heterocycles. The third kappa shape index (κ3) is 4.98. The van der Waals surface area contributed by atoms with Gasteiger partial charge in [-0.1, -0.05) is 0 Å². The van der Waals surface area contributed by atoms with Crippen molar-refractivity contribution in [1.82, 2.24) is 4.90 Å². The van der Waals surface area contributed by atoms with Gasteiger partial charge in [0.2, 0.25) is 0 Å². The van der Waals surface area contributed by atoms with Gasteiger partial charge >= 0.3 is 5.97 Å². The van der Waals surface area contributed by atoms with E-state index in [9.17, 15) is 18.8 Å². The minimum Gasteiger partial charge on any atom is -0.490 e. The van der Waals surface area contributed by atoms with E-state index < -0.39 is 11.7 Å². The average molecular weight is 456 g/mol. The van der Waals surface area contributed by atoms with Gasteiger partial charge < -0.3 is 24.4 Å². The van der Waals surface area contributed by atoms with Gasteiger partial charge in [-0.05, 0) is 55.3 Å². The summed E-state index contributed by atoms with van der Waals surface area (Å²) in [7, 11) is 3.05. The second-order valence-corrected chi connectivity index (χ2v) is 8.12. The number of anilines is 1. The van der Waals surface area contributed by atoms with Crippen LogP contribution in [0.25, 0.3) is 0 Å². The van der Waals surface area contributed by atoms with E-state index in [4.69, 9.17) is 14.2 Å². The van der Waals surface area contributed by atoms with Gasteiger partial charge in [0.15, 0.2) is 0 Å². The minimum absolute atomic E-state index is 0.158. The summed E-state index contributed by atoms with van der Waals surface area (Å²) >= 11 is 0. The van der Waals surface area contributed by atoms with E-state index in [1.165, 1.54) is 31.4 Å².